The summed E-state index contributed by atoms with van der Waals surface area (Å²) in [7, 11) is 1.59. The standard InChI is InChI=1S/C21H23N3O3/c1-27-17-9-7-8-16(14-17)23-20(25)12-3-2-6-13-24-15-22-19-11-5-4-10-18(19)21(24)26/h4-5,7-11,14-15H,2-3,6,12-13H2,1H3,(H,23,25). The second-order valence-electron chi connectivity index (χ2n) is 6.35. The minimum Gasteiger partial charge on any atom is -0.497 e. The zero-order valence-corrected chi connectivity index (χ0v) is 15.4. The number of anilines is 1. The Labute approximate surface area is 157 Å². The Morgan fingerprint density at radius 3 is 2.81 bits per heavy atom. The van der Waals surface area contributed by atoms with Crippen LogP contribution >= 0.6 is 0 Å². The number of aryl methyl sites for hydroxylation is 1. The van der Waals surface area contributed by atoms with Crippen molar-refractivity contribution in [2.24, 2.45) is 0 Å². The minimum atomic E-state index is -0.0206. The zero-order valence-electron chi connectivity index (χ0n) is 15.4. The molecule has 0 bridgehead atoms. The Hall–Kier alpha value is -3.15. The fourth-order valence-corrected chi connectivity index (χ4v) is 2.93. The molecular weight excluding hydrogens is 342 g/mol. The van der Waals surface area contributed by atoms with Gasteiger partial charge in [-0.3, -0.25) is 14.2 Å². The van der Waals surface area contributed by atoms with E-state index in [1.807, 2.05) is 36.4 Å². The number of aromatic nitrogens is 2. The second kappa shape index (κ2) is 8.98. The number of hydrogen-bond acceptors (Lipinski definition) is 4. The highest BCUT2D eigenvalue weighted by Crippen LogP contribution is 2.17. The number of amides is 1. The molecule has 3 rings (SSSR count). The summed E-state index contributed by atoms with van der Waals surface area (Å²) in [6.07, 6.45) is 4.50. The number of nitrogens with zero attached hydrogens (tertiary/aromatic N) is 2. The van der Waals surface area contributed by atoms with E-state index >= 15 is 0 Å². The van der Waals surface area contributed by atoms with Crippen molar-refractivity contribution < 1.29 is 9.53 Å². The van der Waals surface area contributed by atoms with Crippen LogP contribution in [0, 0.1) is 0 Å². The zero-order chi connectivity index (χ0) is 19.1. The number of benzene rings is 2. The maximum atomic E-state index is 12.4. The predicted molar refractivity (Wildman–Crippen MR) is 106 cm³/mol. The van der Waals surface area contributed by atoms with Crippen LogP contribution in [0.5, 0.6) is 5.75 Å². The fourth-order valence-electron chi connectivity index (χ4n) is 2.93. The molecular formula is C21H23N3O3. The lowest BCUT2D eigenvalue weighted by molar-refractivity contribution is -0.116. The monoisotopic (exact) mass is 365 g/mol. The number of ether oxygens (including phenoxy) is 1. The van der Waals surface area contributed by atoms with Crippen LogP contribution in [0.2, 0.25) is 0 Å². The minimum absolute atomic E-state index is 0.0173. The number of para-hydroxylation sites is 1. The number of methoxy groups -OCH3 is 1. The van der Waals surface area contributed by atoms with Gasteiger partial charge < -0.3 is 10.1 Å². The summed E-state index contributed by atoms with van der Waals surface area (Å²) < 4.78 is 6.78. The predicted octanol–water partition coefficient (Wildman–Crippen LogP) is 3.60. The Kier molecular flexibility index (Phi) is 6.20. The number of nitrogens with one attached hydrogen (secondary N) is 1. The van der Waals surface area contributed by atoms with E-state index in [9.17, 15) is 9.59 Å². The SMILES string of the molecule is COc1cccc(NC(=O)CCCCCn2cnc3ccccc3c2=O)c1. The van der Waals surface area contributed by atoms with Gasteiger partial charge in [-0.15, -0.1) is 0 Å². The largest absolute Gasteiger partial charge is 0.497 e. The van der Waals surface area contributed by atoms with Gasteiger partial charge in [-0.2, -0.15) is 0 Å². The average molecular weight is 365 g/mol. The molecule has 0 unspecified atom stereocenters. The number of rotatable bonds is 8. The lowest BCUT2D eigenvalue weighted by atomic mass is 10.2. The van der Waals surface area contributed by atoms with Crippen molar-refractivity contribution in [3.8, 4) is 5.75 Å². The van der Waals surface area contributed by atoms with Gasteiger partial charge in [-0.1, -0.05) is 24.6 Å². The number of carbonyl (C=O) groups excluding carboxylic acids is 1. The van der Waals surface area contributed by atoms with Crippen molar-refractivity contribution in [1.29, 1.82) is 0 Å². The third kappa shape index (κ3) is 4.94. The summed E-state index contributed by atoms with van der Waals surface area (Å²) in [5, 5.41) is 3.51. The molecule has 140 valence electrons. The van der Waals surface area contributed by atoms with Gasteiger partial charge in [-0.05, 0) is 37.1 Å². The topological polar surface area (TPSA) is 73.2 Å². The van der Waals surface area contributed by atoms with Gasteiger partial charge in [0.15, 0.2) is 0 Å². The molecule has 0 atom stereocenters. The molecule has 0 spiro atoms. The van der Waals surface area contributed by atoms with Gasteiger partial charge >= 0.3 is 0 Å². The Balaban J connectivity index is 1.43. The van der Waals surface area contributed by atoms with Gasteiger partial charge in [-0.25, -0.2) is 4.98 Å². The number of fused-ring (bicyclic) bond motifs is 1. The third-order valence-electron chi connectivity index (χ3n) is 4.39. The lowest BCUT2D eigenvalue weighted by Gasteiger charge is -2.08. The van der Waals surface area contributed by atoms with Crippen LogP contribution in [-0.2, 0) is 11.3 Å². The summed E-state index contributed by atoms with van der Waals surface area (Å²) in [6.45, 7) is 0.605. The summed E-state index contributed by atoms with van der Waals surface area (Å²) in [5.41, 5.74) is 1.43. The van der Waals surface area contributed by atoms with E-state index in [1.54, 1.807) is 30.1 Å². The smallest absolute Gasteiger partial charge is 0.261 e. The molecule has 3 aromatic rings. The molecule has 1 heterocycles. The molecule has 0 aliphatic rings. The second-order valence-corrected chi connectivity index (χ2v) is 6.35. The van der Waals surface area contributed by atoms with E-state index in [1.165, 1.54) is 0 Å². The Morgan fingerprint density at radius 2 is 1.96 bits per heavy atom. The van der Waals surface area contributed by atoms with E-state index in [-0.39, 0.29) is 11.5 Å². The number of carbonyl (C=O) groups is 1. The van der Waals surface area contributed by atoms with E-state index in [0.29, 0.717) is 29.6 Å². The molecule has 2 aromatic carbocycles. The van der Waals surface area contributed by atoms with Crippen LogP contribution in [0.1, 0.15) is 25.7 Å². The van der Waals surface area contributed by atoms with Crippen molar-refractivity contribution in [2.75, 3.05) is 12.4 Å². The van der Waals surface area contributed by atoms with E-state index in [2.05, 4.69) is 10.3 Å². The molecule has 0 saturated carbocycles. The molecule has 6 heteroatoms. The van der Waals surface area contributed by atoms with Crippen LogP contribution in [0.25, 0.3) is 10.9 Å². The summed E-state index contributed by atoms with van der Waals surface area (Å²) in [6, 6.07) is 14.6. The van der Waals surface area contributed by atoms with Crippen molar-refractivity contribution in [1.82, 2.24) is 9.55 Å². The van der Waals surface area contributed by atoms with Crippen LogP contribution in [0.3, 0.4) is 0 Å². The number of unbranched alkanes of at least 4 members (excludes halogenated alkanes) is 2. The van der Waals surface area contributed by atoms with Crippen LogP contribution in [0.4, 0.5) is 5.69 Å². The first-order chi connectivity index (χ1) is 13.2. The molecule has 1 aromatic heterocycles. The molecule has 1 amide bonds. The molecule has 0 aliphatic heterocycles. The molecule has 27 heavy (non-hydrogen) atoms. The highest BCUT2D eigenvalue weighted by molar-refractivity contribution is 5.90. The Morgan fingerprint density at radius 1 is 1.11 bits per heavy atom. The third-order valence-corrected chi connectivity index (χ3v) is 4.39. The lowest BCUT2D eigenvalue weighted by Crippen LogP contribution is -2.20. The number of hydrogen-bond donors (Lipinski definition) is 1. The molecule has 0 radical (unpaired) electrons. The van der Waals surface area contributed by atoms with Crippen LogP contribution in [-0.4, -0.2) is 22.6 Å². The fraction of sp³-hybridized carbons (Fsp3) is 0.286. The van der Waals surface area contributed by atoms with Gasteiger partial charge in [0.25, 0.3) is 5.56 Å². The quantitative estimate of drug-likeness (QED) is 0.619. The van der Waals surface area contributed by atoms with Gasteiger partial charge in [0, 0.05) is 24.7 Å². The van der Waals surface area contributed by atoms with Crippen molar-refractivity contribution in [2.45, 2.75) is 32.2 Å². The Bertz CT molecular complexity index is 982. The van der Waals surface area contributed by atoms with Gasteiger partial charge in [0.1, 0.15) is 5.75 Å². The first-order valence-corrected chi connectivity index (χ1v) is 9.05. The highest BCUT2D eigenvalue weighted by atomic mass is 16.5. The first-order valence-electron chi connectivity index (χ1n) is 9.05. The van der Waals surface area contributed by atoms with Gasteiger partial charge in [0.05, 0.1) is 24.3 Å². The average Bonchev–Trinajstić information content (AvgIpc) is 2.69. The molecule has 0 saturated heterocycles. The molecule has 0 aliphatic carbocycles. The van der Waals surface area contributed by atoms with Crippen molar-refractivity contribution in [3.63, 3.8) is 0 Å². The van der Waals surface area contributed by atoms with Crippen molar-refractivity contribution in [3.05, 3.63) is 65.2 Å². The first kappa shape index (κ1) is 18.6. The highest BCUT2D eigenvalue weighted by Gasteiger charge is 2.05. The van der Waals surface area contributed by atoms with Crippen molar-refractivity contribution >= 4 is 22.5 Å². The van der Waals surface area contributed by atoms with E-state index < -0.39 is 0 Å². The van der Waals surface area contributed by atoms with Crippen LogP contribution < -0.4 is 15.6 Å². The molecule has 6 nitrogen and oxygen atoms in total. The molecule has 0 fully saturated rings. The summed E-state index contributed by atoms with van der Waals surface area (Å²) >= 11 is 0. The normalized spacial score (nSPS) is 10.7. The summed E-state index contributed by atoms with van der Waals surface area (Å²) in [5.74, 6) is 0.690. The maximum Gasteiger partial charge on any atom is 0.261 e. The summed E-state index contributed by atoms with van der Waals surface area (Å²) in [4.78, 5) is 28.8. The van der Waals surface area contributed by atoms with E-state index in [0.717, 1.165) is 24.9 Å². The van der Waals surface area contributed by atoms with Crippen LogP contribution in [0.15, 0.2) is 59.7 Å². The van der Waals surface area contributed by atoms with Gasteiger partial charge in [0.2, 0.25) is 5.91 Å². The molecule has 1 N–H and O–H groups in total. The van der Waals surface area contributed by atoms with E-state index in [4.69, 9.17) is 4.74 Å². The maximum absolute atomic E-state index is 12.4.